The normalized spacial score (nSPS) is 15.3. The topological polar surface area (TPSA) is 111 Å². The fraction of sp³-hybridized carbons (Fsp3) is 0.786. The van der Waals surface area contributed by atoms with Crippen molar-refractivity contribution < 1.29 is 19.1 Å². The van der Waals surface area contributed by atoms with Crippen molar-refractivity contribution in [2.45, 2.75) is 52.7 Å². The van der Waals surface area contributed by atoms with Gasteiger partial charge in [-0.25, -0.2) is 4.79 Å². The number of amides is 2. The summed E-state index contributed by atoms with van der Waals surface area (Å²) in [5.74, 6) is -1.62. The molecular weight excluding hydrogens is 274 g/mol. The van der Waals surface area contributed by atoms with Gasteiger partial charge in [-0.3, -0.25) is 9.59 Å². The van der Waals surface area contributed by atoms with E-state index >= 15 is 0 Å². The van der Waals surface area contributed by atoms with Crippen molar-refractivity contribution in [1.29, 1.82) is 0 Å². The molecule has 21 heavy (non-hydrogen) atoms. The van der Waals surface area contributed by atoms with Crippen LogP contribution in [0.3, 0.4) is 0 Å². The van der Waals surface area contributed by atoms with Gasteiger partial charge in [0.25, 0.3) is 0 Å². The zero-order chi connectivity index (χ0) is 16.7. The Morgan fingerprint density at radius 2 is 1.29 bits per heavy atom. The van der Waals surface area contributed by atoms with Crippen LogP contribution in [-0.2, 0) is 19.1 Å². The minimum atomic E-state index is -0.755. The molecule has 7 nitrogen and oxygen atoms in total. The monoisotopic (exact) mass is 301 g/mol. The number of carbonyl (C=O) groups excluding carboxylic acids is 3. The number of carbonyl (C=O) groups is 3. The molecule has 7 heteroatoms. The summed E-state index contributed by atoms with van der Waals surface area (Å²) in [4.78, 5) is 35.6. The van der Waals surface area contributed by atoms with E-state index in [2.05, 4.69) is 15.4 Å². The van der Waals surface area contributed by atoms with Gasteiger partial charge in [0, 0.05) is 0 Å². The molecule has 0 aliphatic rings. The van der Waals surface area contributed by atoms with Crippen LogP contribution in [0.5, 0.6) is 0 Å². The molecule has 0 bridgehead atoms. The Balaban J connectivity index is 4.97. The molecule has 0 aromatic heterocycles. The molecule has 0 aliphatic carbocycles. The molecule has 122 valence electrons. The molecule has 0 aliphatic heterocycles. The molecule has 0 aromatic rings. The van der Waals surface area contributed by atoms with E-state index in [1.807, 2.05) is 0 Å². The lowest BCUT2D eigenvalue weighted by atomic mass is 10.00. The number of rotatable bonds is 7. The van der Waals surface area contributed by atoms with Crippen LogP contribution in [0.2, 0.25) is 0 Å². The summed E-state index contributed by atoms with van der Waals surface area (Å²) in [6.45, 7) is 8.73. The van der Waals surface area contributed by atoms with E-state index in [0.29, 0.717) is 0 Å². The molecule has 0 unspecified atom stereocenters. The van der Waals surface area contributed by atoms with Crippen LogP contribution in [0.25, 0.3) is 0 Å². The van der Waals surface area contributed by atoms with Crippen LogP contribution in [-0.4, -0.2) is 43.0 Å². The van der Waals surface area contributed by atoms with Crippen LogP contribution < -0.4 is 16.4 Å². The second-order valence-corrected chi connectivity index (χ2v) is 5.77. The number of hydrogen-bond acceptors (Lipinski definition) is 5. The van der Waals surface area contributed by atoms with Crippen molar-refractivity contribution in [3.8, 4) is 0 Å². The smallest absolute Gasteiger partial charge is 0.328 e. The molecule has 0 fully saturated rings. The van der Waals surface area contributed by atoms with Crippen LogP contribution in [0.1, 0.15) is 34.6 Å². The molecule has 0 rings (SSSR count). The Labute approximate surface area is 126 Å². The highest BCUT2D eigenvalue weighted by Gasteiger charge is 2.31. The summed E-state index contributed by atoms with van der Waals surface area (Å²) in [5.41, 5.74) is 5.49. The zero-order valence-corrected chi connectivity index (χ0v) is 13.6. The van der Waals surface area contributed by atoms with Crippen LogP contribution in [0.4, 0.5) is 0 Å². The van der Waals surface area contributed by atoms with Crippen molar-refractivity contribution in [3.63, 3.8) is 0 Å². The predicted octanol–water partition coefficient (Wildman–Crippen LogP) is -0.212. The quantitative estimate of drug-likeness (QED) is 0.563. The van der Waals surface area contributed by atoms with E-state index < -0.39 is 35.9 Å². The summed E-state index contributed by atoms with van der Waals surface area (Å²) in [6, 6.07) is -2.22. The van der Waals surface area contributed by atoms with E-state index in [1.165, 1.54) is 14.0 Å². The first-order valence-electron chi connectivity index (χ1n) is 7.05. The first kappa shape index (κ1) is 19.4. The van der Waals surface area contributed by atoms with Crippen molar-refractivity contribution in [2.24, 2.45) is 17.6 Å². The second-order valence-electron chi connectivity index (χ2n) is 5.77. The number of ether oxygens (including phenoxy) is 1. The number of methoxy groups -OCH3 is 1. The van der Waals surface area contributed by atoms with Gasteiger partial charge in [0.2, 0.25) is 11.8 Å². The Hall–Kier alpha value is -1.63. The standard InChI is InChI=1S/C14H27N3O4/c1-7(2)10(16-12(18)9(5)15)13(19)17-11(8(3)4)14(20)21-6/h7-11H,15H2,1-6H3,(H,16,18)(H,17,19)/t9-,10-,11-/m0/s1. The average molecular weight is 301 g/mol. The number of hydrogen-bond donors (Lipinski definition) is 3. The molecule has 0 aromatic carbocycles. The van der Waals surface area contributed by atoms with E-state index in [1.54, 1.807) is 27.7 Å². The Kier molecular flexibility index (Phi) is 7.94. The summed E-state index contributed by atoms with van der Waals surface area (Å²) >= 11 is 0. The lowest BCUT2D eigenvalue weighted by molar-refractivity contribution is -0.146. The van der Waals surface area contributed by atoms with Crippen molar-refractivity contribution >= 4 is 17.8 Å². The third-order valence-electron chi connectivity index (χ3n) is 3.08. The lowest BCUT2D eigenvalue weighted by Gasteiger charge is -2.26. The SMILES string of the molecule is COC(=O)[C@@H](NC(=O)[C@@H](NC(=O)[C@H](C)N)C(C)C)C(C)C. The Bertz CT molecular complexity index is 380. The summed E-state index contributed by atoms with van der Waals surface area (Å²) < 4.78 is 4.67. The van der Waals surface area contributed by atoms with Gasteiger partial charge in [-0.1, -0.05) is 27.7 Å². The number of nitrogens with two attached hydrogens (primary N) is 1. The molecule has 0 saturated carbocycles. The minimum absolute atomic E-state index is 0.127. The van der Waals surface area contributed by atoms with Crippen LogP contribution in [0, 0.1) is 11.8 Å². The van der Waals surface area contributed by atoms with E-state index in [4.69, 9.17) is 5.73 Å². The summed E-state index contributed by atoms with van der Waals surface area (Å²) in [6.07, 6.45) is 0. The average Bonchev–Trinajstić information content (AvgIpc) is 2.39. The van der Waals surface area contributed by atoms with Gasteiger partial charge in [-0.05, 0) is 18.8 Å². The van der Waals surface area contributed by atoms with E-state index in [0.717, 1.165) is 0 Å². The third kappa shape index (κ3) is 6.12. The molecule has 4 N–H and O–H groups in total. The molecule has 3 atom stereocenters. The van der Waals surface area contributed by atoms with E-state index in [9.17, 15) is 14.4 Å². The third-order valence-corrected chi connectivity index (χ3v) is 3.08. The fourth-order valence-corrected chi connectivity index (χ4v) is 1.69. The highest BCUT2D eigenvalue weighted by Crippen LogP contribution is 2.07. The van der Waals surface area contributed by atoms with Crippen molar-refractivity contribution in [3.05, 3.63) is 0 Å². The largest absolute Gasteiger partial charge is 0.467 e. The molecule has 0 spiro atoms. The second kappa shape index (κ2) is 8.61. The van der Waals surface area contributed by atoms with E-state index in [-0.39, 0.29) is 11.8 Å². The van der Waals surface area contributed by atoms with Gasteiger partial charge in [0.05, 0.1) is 13.2 Å². The van der Waals surface area contributed by atoms with Gasteiger partial charge in [-0.15, -0.1) is 0 Å². The van der Waals surface area contributed by atoms with Crippen LogP contribution >= 0.6 is 0 Å². The molecule has 0 saturated heterocycles. The predicted molar refractivity (Wildman–Crippen MR) is 79.2 cm³/mol. The first-order chi connectivity index (χ1) is 9.61. The fourth-order valence-electron chi connectivity index (χ4n) is 1.69. The van der Waals surface area contributed by atoms with Crippen LogP contribution in [0.15, 0.2) is 0 Å². The maximum Gasteiger partial charge on any atom is 0.328 e. The van der Waals surface area contributed by atoms with Gasteiger partial charge < -0.3 is 21.1 Å². The highest BCUT2D eigenvalue weighted by molar-refractivity contribution is 5.92. The molecular formula is C14H27N3O4. The first-order valence-corrected chi connectivity index (χ1v) is 7.05. The number of nitrogens with one attached hydrogen (secondary N) is 2. The number of esters is 1. The minimum Gasteiger partial charge on any atom is -0.467 e. The van der Waals surface area contributed by atoms with Gasteiger partial charge in [0.15, 0.2) is 0 Å². The van der Waals surface area contributed by atoms with Gasteiger partial charge in [0.1, 0.15) is 12.1 Å². The molecule has 2 amide bonds. The maximum absolute atomic E-state index is 12.3. The zero-order valence-electron chi connectivity index (χ0n) is 13.6. The molecule has 0 heterocycles. The van der Waals surface area contributed by atoms with Crippen molar-refractivity contribution in [2.75, 3.05) is 7.11 Å². The molecule has 0 radical (unpaired) electrons. The van der Waals surface area contributed by atoms with Crippen molar-refractivity contribution in [1.82, 2.24) is 10.6 Å². The van der Waals surface area contributed by atoms with Gasteiger partial charge >= 0.3 is 5.97 Å². The maximum atomic E-state index is 12.3. The summed E-state index contributed by atoms with van der Waals surface area (Å²) in [5, 5.41) is 5.21. The Morgan fingerprint density at radius 1 is 0.857 bits per heavy atom. The lowest BCUT2D eigenvalue weighted by Crippen LogP contribution is -2.56. The highest BCUT2D eigenvalue weighted by atomic mass is 16.5. The Morgan fingerprint density at radius 3 is 1.62 bits per heavy atom. The van der Waals surface area contributed by atoms with Gasteiger partial charge in [-0.2, -0.15) is 0 Å². The summed E-state index contributed by atoms with van der Waals surface area (Å²) in [7, 11) is 1.27.